The number of benzene rings is 1. The summed E-state index contributed by atoms with van der Waals surface area (Å²) in [4.78, 5) is 45.1. The van der Waals surface area contributed by atoms with Crippen LogP contribution in [0.2, 0.25) is 0 Å². The van der Waals surface area contributed by atoms with E-state index < -0.39 is 29.7 Å². The number of aliphatic imine (C=N–C) groups is 1. The standard InChI is InChI=1S/C20H25FN4O5/c1-3-29-18(27)15-16(13-5-7-14(21)8-6-13)22-19(23-17(15)26)24-9-11-25(12-10-24)20(28)30-4-2/h5-8,15-16H,3-4,9-12H2,1-2H3,(H,22,23,26). The molecule has 162 valence electrons. The largest absolute Gasteiger partial charge is 0.465 e. The molecule has 1 N–H and O–H groups in total. The van der Waals surface area contributed by atoms with E-state index >= 15 is 0 Å². The Kier molecular flexibility index (Phi) is 6.86. The van der Waals surface area contributed by atoms with Crippen molar-refractivity contribution in [3.63, 3.8) is 0 Å². The van der Waals surface area contributed by atoms with Crippen LogP contribution >= 0.6 is 0 Å². The highest BCUT2D eigenvalue weighted by atomic mass is 19.1. The zero-order valence-electron chi connectivity index (χ0n) is 17.0. The monoisotopic (exact) mass is 420 g/mol. The molecule has 0 aromatic heterocycles. The fourth-order valence-electron chi connectivity index (χ4n) is 3.44. The van der Waals surface area contributed by atoms with Crippen LogP contribution in [-0.2, 0) is 19.1 Å². The van der Waals surface area contributed by atoms with Gasteiger partial charge in [-0.15, -0.1) is 0 Å². The molecule has 10 heteroatoms. The summed E-state index contributed by atoms with van der Waals surface area (Å²) < 4.78 is 23.4. The minimum Gasteiger partial charge on any atom is -0.465 e. The molecule has 9 nitrogen and oxygen atoms in total. The zero-order chi connectivity index (χ0) is 21.7. The van der Waals surface area contributed by atoms with E-state index in [-0.39, 0.29) is 12.7 Å². The number of esters is 1. The number of ether oxygens (including phenoxy) is 2. The zero-order valence-corrected chi connectivity index (χ0v) is 17.0. The molecule has 2 aliphatic rings. The highest BCUT2D eigenvalue weighted by Crippen LogP contribution is 2.31. The van der Waals surface area contributed by atoms with Crippen LogP contribution in [0.4, 0.5) is 9.18 Å². The van der Waals surface area contributed by atoms with E-state index in [2.05, 4.69) is 10.3 Å². The lowest BCUT2D eigenvalue weighted by atomic mass is 9.91. The number of halogens is 1. The summed E-state index contributed by atoms with van der Waals surface area (Å²) in [6.07, 6.45) is -0.377. The van der Waals surface area contributed by atoms with Gasteiger partial charge in [-0.2, -0.15) is 0 Å². The summed E-state index contributed by atoms with van der Waals surface area (Å²) in [5, 5.41) is 2.68. The maximum absolute atomic E-state index is 13.4. The lowest BCUT2D eigenvalue weighted by Gasteiger charge is -2.38. The molecule has 0 radical (unpaired) electrons. The maximum Gasteiger partial charge on any atom is 0.409 e. The first-order chi connectivity index (χ1) is 14.4. The molecule has 1 fully saturated rings. The molecule has 2 aliphatic heterocycles. The third-order valence-corrected chi connectivity index (χ3v) is 4.95. The van der Waals surface area contributed by atoms with Crippen LogP contribution < -0.4 is 5.32 Å². The van der Waals surface area contributed by atoms with Crippen LogP contribution in [-0.4, -0.2) is 73.1 Å². The minimum atomic E-state index is -1.17. The molecular weight excluding hydrogens is 395 g/mol. The number of carbonyl (C=O) groups is 3. The van der Waals surface area contributed by atoms with E-state index in [1.54, 1.807) is 18.7 Å². The van der Waals surface area contributed by atoms with Crippen LogP contribution in [0.1, 0.15) is 25.5 Å². The number of rotatable bonds is 4. The minimum absolute atomic E-state index is 0.130. The quantitative estimate of drug-likeness (QED) is 0.582. The maximum atomic E-state index is 13.4. The first kappa shape index (κ1) is 21.5. The van der Waals surface area contributed by atoms with Gasteiger partial charge in [-0.3, -0.25) is 14.9 Å². The van der Waals surface area contributed by atoms with Crippen LogP contribution in [0.3, 0.4) is 0 Å². The van der Waals surface area contributed by atoms with Crippen molar-refractivity contribution >= 4 is 23.9 Å². The number of piperazine rings is 1. The number of hydrogen-bond donors (Lipinski definition) is 1. The predicted octanol–water partition coefficient (Wildman–Crippen LogP) is 1.31. The first-order valence-electron chi connectivity index (χ1n) is 9.92. The van der Waals surface area contributed by atoms with Crippen molar-refractivity contribution in [3.05, 3.63) is 35.6 Å². The number of nitrogens with zero attached hydrogens (tertiary/aromatic N) is 3. The lowest BCUT2D eigenvalue weighted by molar-refractivity contribution is -0.153. The average Bonchev–Trinajstić information content (AvgIpc) is 2.74. The van der Waals surface area contributed by atoms with E-state index in [0.717, 1.165) is 0 Å². The Bertz CT molecular complexity index is 821. The van der Waals surface area contributed by atoms with E-state index in [0.29, 0.717) is 44.3 Å². The lowest BCUT2D eigenvalue weighted by Crippen LogP contribution is -2.58. The topological polar surface area (TPSA) is 101 Å². The molecule has 1 aromatic rings. The third kappa shape index (κ3) is 4.69. The van der Waals surface area contributed by atoms with Crippen molar-refractivity contribution in [2.75, 3.05) is 39.4 Å². The van der Waals surface area contributed by atoms with Crippen molar-refractivity contribution < 1.29 is 28.2 Å². The molecule has 3 rings (SSSR count). The van der Waals surface area contributed by atoms with E-state index in [1.807, 2.05) is 4.90 Å². The van der Waals surface area contributed by atoms with E-state index in [1.165, 1.54) is 24.3 Å². The summed E-state index contributed by atoms with van der Waals surface area (Å²) in [5.41, 5.74) is 0.534. The van der Waals surface area contributed by atoms with Crippen molar-refractivity contribution in [1.29, 1.82) is 0 Å². The van der Waals surface area contributed by atoms with Gasteiger partial charge in [-0.05, 0) is 31.5 Å². The second-order valence-corrected chi connectivity index (χ2v) is 6.84. The van der Waals surface area contributed by atoms with Crippen molar-refractivity contribution in [2.24, 2.45) is 10.9 Å². The molecule has 0 aliphatic carbocycles. The van der Waals surface area contributed by atoms with Crippen LogP contribution in [0, 0.1) is 11.7 Å². The van der Waals surface area contributed by atoms with Gasteiger partial charge in [0.25, 0.3) is 0 Å². The van der Waals surface area contributed by atoms with Gasteiger partial charge in [0.15, 0.2) is 5.92 Å². The van der Waals surface area contributed by atoms with Gasteiger partial charge in [0.1, 0.15) is 11.9 Å². The molecule has 1 saturated heterocycles. The molecule has 2 unspecified atom stereocenters. The van der Waals surface area contributed by atoms with E-state index in [4.69, 9.17) is 9.47 Å². The Morgan fingerprint density at radius 1 is 1.10 bits per heavy atom. The van der Waals surface area contributed by atoms with Gasteiger partial charge >= 0.3 is 12.1 Å². The predicted molar refractivity (Wildman–Crippen MR) is 105 cm³/mol. The Morgan fingerprint density at radius 3 is 2.33 bits per heavy atom. The Labute approximate surface area is 173 Å². The second-order valence-electron chi connectivity index (χ2n) is 6.84. The van der Waals surface area contributed by atoms with Crippen molar-refractivity contribution in [1.82, 2.24) is 15.1 Å². The third-order valence-electron chi connectivity index (χ3n) is 4.95. The number of guanidine groups is 1. The van der Waals surface area contributed by atoms with Crippen LogP contribution in [0.5, 0.6) is 0 Å². The molecule has 30 heavy (non-hydrogen) atoms. The van der Waals surface area contributed by atoms with Gasteiger partial charge in [-0.1, -0.05) is 12.1 Å². The molecule has 0 spiro atoms. The number of nitrogens with one attached hydrogen (secondary N) is 1. The Balaban J connectivity index is 1.82. The Hall–Kier alpha value is -3.17. The van der Waals surface area contributed by atoms with Crippen LogP contribution in [0.15, 0.2) is 29.3 Å². The average molecular weight is 420 g/mol. The highest BCUT2D eigenvalue weighted by molar-refractivity contribution is 6.08. The fraction of sp³-hybridized carbons (Fsp3) is 0.500. The molecule has 2 heterocycles. The Morgan fingerprint density at radius 2 is 1.73 bits per heavy atom. The number of hydrogen-bond acceptors (Lipinski definition) is 7. The second kappa shape index (κ2) is 9.55. The molecule has 2 amide bonds. The number of carbonyl (C=O) groups excluding carboxylic acids is 3. The highest BCUT2D eigenvalue weighted by Gasteiger charge is 2.42. The van der Waals surface area contributed by atoms with Gasteiger partial charge < -0.3 is 19.3 Å². The SMILES string of the molecule is CCOC(=O)C1C(=O)NC(N2CCN(C(=O)OCC)CC2)=NC1c1ccc(F)cc1. The molecule has 0 saturated carbocycles. The van der Waals surface area contributed by atoms with Gasteiger partial charge in [0.2, 0.25) is 11.9 Å². The van der Waals surface area contributed by atoms with Crippen molar-refractivity contribution in [2.45, 2.75) is 19.9 Å². The van der Waals surface area contributed by atoms with Gasteiger partial charge in [-0.25, -0.2) is 14.2 Å². The van der Waals surface area contributed by atoms with Gasteiger partial charge in [0.05, 0.1) is 13.2 Å². The first-order valence-corrected chi connectivity index (χ1v) is 9.92. The summed E-state index contributed by atoms with van der Waals surface area (Å²) in [6.45, 7) is 5.55. The fourth-order valence-corrected chi connectivity index (χ4v) is 3.44. The normalized spacial score (nSPS) is 21.6. The number of amides is 2. The molecular formula is C20H25FN4O5. The van der Waals surface area contributed by atoms with Crippen molar-refractivity contribution in [3.8, 4) is 0 Å². The van der Waals surface area contributed by atoms with Crippen LogP contribution in [0.25, 0.3) is 0 Å². The smallest absolute Gasteiger partial charge is 0.409 e. The molecule has 1 aromatic carbocycles. The summed E-state index contributed by atoms with van der Waals surface area (Å²) in [6, 6.07) is 4.70. The van der Waals surface area contributed by atoms with E-state index in [9.17, 15) is 18.8 Å². The summed E-state index contributed by atoms with van der Waals surface area (Å²) in [5.74, 6) is -2.48. The van der Waals surface area contributed by atoms with Gasteiger partial charge in [0, 0.05) is 26.2 Å². The molecule has 2 atom stereocenters. The molecule has 0 bridgehead atoms. The summed E-state index contributed by atoms with van der Waals surface area (Å²) >= 11 is 0. The summed E-state index contributed by atoms with van der Waals surface area (Å²) in [7, 11) is 0.